The predicted octanol–water partition coefficient (Wildman–Crippen LogP) is 4.08. The van der Waals surface area contributed by atoms with Crippen molar-refractivity contribution in [1.82, 2.24) is 4.57 Å². The normalized spacial score (nSPS) is 12.8. The molecule has 3 aromatic rings. The number of alkyl halides is 1. The van der Waals surface area contributed by atoms with E-state index in [2.05, 4.69) is 19.9 Å². The van der Waals surface area contributed by atoms with Crippen molar-refractivity contribution >= 4 is 22.7 Å². The third-order valence-corrected chi connectivity index (χ3v) is 4.52. The monoisotopic (exact) mass is 301 g/mol. The fourth-order valence-electron chi connectivity index (χ4n) is 2.54. The van der Waals surface area contributed by atoms with E-state index in [1.54, 1.807) is 7.05 Å². The lowest BCUT2D eigenvalue weighted by atomic mass is 9.97. The maximum absolute atomic E-state index is 11.6. The largest absolute Gasteiger partial charge is 0.419 e. The quantitative estimate of drug-likeness (QED) is 0.669. The van der Waals surface area contributed by atoms with Crippen LogP contribution in [0, 0.1) is 13.8 Å². The third kappa shape index (κ3) is 2.28. The first-order valence-corrected chi connectivity index (χ1v) is 7.22. The molecule has 21 heavy (non-hydrogen) atoms. The third-order valence-electron chi connectivity index (χ3n) is 4.03. The van der Waals surface area contributed by atoms with Gasteiger partial charge in [-0.2, -0.15) is 0 Å². The Morgan fingerprint density at radius 2 is 1.95 bits per heavy atom. The van der Waals surface area contributed by atoms with Crippen LogP contribution in [0.5, 0.6) is 0 Å². The van der Waals surface area contributed by atoms with Crippen LogP contribution in [-0.4, -0.2) is 4.57 Å². The highest BCUT2D eigenvalue weighted by Crippen LogP contribution is 2.33. The Morgan fingerprint density at radius 1 is 1.19 bits per heavy atom. The van der Waals surface area contributed by atoms with Crippen molar-refractivity contribution in [3.63, 3.8) is 0 Å². The van der Waals surface area contributed by atoms with Gasteiger partial charge in [-0.05, 0) is 48.2 Å². The molecule has 0 fully saturated rings. The number of aryl methyl sites for hydroxylation is 2. The van der Waals surface area contributed by atoms with Gasteiger partial charge in [0, 0.05) is 7.05 Å². The number of halogens is 1. The summed E-state index contributed by atoms with van der Waals surface area (Å²) in [6, 6.07) is 11.8. The minimum Gasteiger partial charge on any atom is -0.408 e. The Labute approximate surface area is 127 Å². The maximum atomic E-state index is 11.6. The summed E-state index contributed by atoms with van der Waals surface area (Å²) in [5, 5.41) is -0.264. The molecule has 0 bridgehead atoms. The zero-order valence-corrected chi connectivity index (χ0v) is 12.9. The molecule has 1 aromatic heterocycles. The molecule has 0 radical (unpaired) electrons. The van der Waals surface area contributed by atoms with E-state index in [1.807, 2.05) is 30.3 Å². The van der Waals surface area contributed by atoms with Crippen molar-refractivity contribution in [2.75, 3.05) is 0 Å². The zero-order valence-electron chi connectivity index (χ0n) is 12.2. The van der Waals surface area contributed by atoms with E-state index in [1.165, 1.54) is 15.7 Å². The lowest BCUT2D eigenvalue weighted by Crippen LogP contribution is -2.08. The molecule has 3 nitrogen and oxygen atoms in total. The van der Waals surface area contributed by atoms with Gasteiger partial charge in [-0.1, -0.05) is 24.3 Å². The molecule has 1 unspecified atom stereocenters. The summed E-state index contributed by atoms with van der Waals surface area (Å²) in [5.74, 6) is -0.361. The molecule has 0 aliphatic carbocycles. The molecule has 1 heterocycles. The summed E-state index contributed by atoms with van der Waals surface area (Å²) in [6.45, 7) is 4.14. The van der Waals surface area contributed by atoms with Crippen molar-refractivity contribution in [2.24, 2.45) is 7.05 Å². The summed E-state index contributed by atoms with van der Waals surface area (Å²) in [4.78, 5) is 11.6. The summed E-state index contributed by atoms with van der Waals surface area (Å²) < 4.78 is 6.71. The van der Waals surface area contributed by atoms with E-state index in [0.717, 1.165) is 16.6 Å². The van der Waals surface area contributed by atoms with Crippen molar-refractivity contribution in [3.05, 3.63) is 69.2 Å². The average molecular weight is 302 g/mol. The second-order valence-corrected chi connectivity index (χ2v) is 5.74. The Balaban J connectivity index is 2.11. The van der Waals surface area contributed by atoms with Crippen molar-refractivity contribution < 1.29 is 4.42 Å². The molecule has 108 valence electrons. The summed E-state index contributed by atoms with van der Waals surface area (Å²) in [7, 11) is 1.69. The number of hydrogen-bond donors (Lipinski definition) is 0. The van der Waals surface area contributed by atoms with E-state index >= 15 is 0 Å². The topological polar surface area (TPSA) is 35.1 Å². The van der Waals surface area contributed by atoms with Gasteiger partial charge in [-0.25, -0.2) is 4.79 Å². The molecule has 0 aliphatic rings. The molecule has 3 rings (SSSR count). The lowest BCUT2D eigenvalue weighted by Gasteiger charge is -2.14. The molecule has 2 aromatic carbocycles. The number of hydrogen-bond acceptors (Lipinski definition) is 2. The van der Waals surface area contributed by atoms with Gasteiger partial charge in [0.1, 0.15) is 0 Å². The Hall–Kier alpha value is -2.00. The average Bonchev–Trinajstić information content (AvgIpc) is 2.76. The minimum absolute atomic E-state index is 0.264. The van der Waals surface area contributed by atoms with E-state index in [0.29, 0.717) is 5.58 Å². The smallest absolute Gasteiger partial charge is 0.408 e. The predicted molar refractivity (Wildman–Crippen MR) is 85.1 cm³/mol. The van der Waals surface area contributed by atoms with Crippen molar-refractivity contribution in [1.29, 1.82) is 0 Å². The minimum atomic E-state index is -0.361. The van der Waals surface area contributed by atoms with E-state index in [-0.39, 0.29) is 11.1 Å². The first kappa shape index (κ1) is 14.0. The van der Waals surface area contributed by atoms with Gasteiger partial charge in [-0.3, -0.25) is 4.57 Å². The molecule has 1 atom stereocenters. The summed E-state index contributed by atoms with van der Waals surface area (Å²) >= 11 is 6.63. The molecular weight excluding hydrogens is 286 g/mol. The van der Waals surface area contributed by atoms with E-state index < -0.39 is 0 Å². The van der Waals surface area contributed by atoms with Crippen LogP contribution in [0.1, 0.15) is 27.6 Å². The van der Waals surface area contributed by atoms with Crippen LogP contribution < -0.4 is 5.76 Å². The van der Waals surface area contributed by atoms with Gasteiger partial charge in [0.25, 0.3) is 0 Å². The molecule has 0 N–H and O–H groups in total. The molecule has 0 amide bonds. The second-order valence-electron chi connectivity index (χ2n) is 5.31. The Bertz CT molecular complexity index is 876. The van der Waals surface area contributed by atoms with Gasteiger partial charge < -0.3 is 4.42 Å². The van der Waals surface area contributed by atoms with Gasteiger partial charge in [0.05, 0.1) is 10.9 Å². The number of rotatable bonds is 2. The van der Waals surface area contributed by atoms with Gasteiger partial charge >= 0.3 is 5.76 Å². The Morgan fingerprint density at radius 3 is 2.71 bits per heavy atom. The number of aromatic nitrogens is 1. The standard InChI is InChI=1S/C17H16ClNO2/c1-10-5-4-6-13(11(10)2)16(18)12-7-8-14-15(9-12)21-17(20)19(14)3/h4-9,16H,1-3H3. The number of fused-ring (bicyclic) bond motifs is 1. The summed E-state index contributed by atoms with van der Waals surface area (Å²) in [6.07, 6.45) is 0. The van der Waals surface area contributed by atoms with Crippen molar-refractivity contribution in [2.45, 2.75) is 19.2 Å². The maximum Gasteiger partial charge on any atom is 0.419 e. The summed E-state index contributed by atoms with van der Waals surface area (Å²) in [5.41, 5.74) is 5.74. The molecule has 0 spiro atoms. The highest BCUT2D eigenvalue weighted by molar-refractivity contribution is 6.22. The van der Waals surface area contributed by atoms with Crippen LogP contribution >= 0.6 is 11.6 Å². The highest BCUT2D eigenvalue weighted by Gasteiger charge is 2.16. The molecule has 4 heteroatoms. The number of oxazole rings is 1. The SMILES string of the molecule is Cc1cccc(C(Cl)c2ccc3c(c2)oc(=O)n3C)c1C. The van der Waals surface area contributed by atoms with Crippen molar-refractivity contribution in [3.8, 4) is 0 Å². The number of nitrogens with zero attached hydrogens (tertiary/aromatic N) is 1. The highest BCUT2D eigenvalue weighted by atomic mass is 35.5. The first-order chi connectivity index (χ1) is 9.99. The molecule has 0 saturated heterocycles. The molecular formula is C17H16ClNO2. The van der Waals surface area contributed by atoms with Crippen LogP contribution in [0.3, 0.4) is 0 Å². The van der Waals surface area contributed by atoms with Crippen LogP contribution in [0.15, 0.2) is 45.6 Å². The lowest BCUT2D eigenvalue weighted by molar-refractivity contribution is 0.528. The Kier molecular flexibility index (Phi) is 3.38. The number of benzene rings is 2. The first-order valence-electron chi connectivity index (χ1n) is 6.78. The van der Waals surface area contributed by atoms with Gasteiger partial charge in [0.15, 0.2) is 5.58 Å². The van der Waals surface area contributed by atoms with Crippen LogP contribution in [0.2, 0.25) is 0 Å². The molecule has 0 aliphatic heterocycles. The van der Waals surface area contributed by atoms with Gasteiger partial charge in [0.2, 0.25) is 0 Å². The van der Waals surface area contributed by atoms with Crippen LogP contribution in [0.25, 0.3) is 11.1 Å². The van der Waals surface area contributed by atoms with E-state index in [4.69, 9.17) is 16.0 Å². The zero-order chi connectivity index (χ0) is 15.1. The van der Waals surface area contributed by atoms with Crippen LogP contribution in [-0.2, 0) is 7.05 Å². The van der Waals surface area contributed by atoms with E-state index in [9.17, 15) is 4.79 Å². The molecule has 0 saturated carbocycles. The van der Waals surface area contributed by atoms with Crippen LogP contribution in [0.4, 0.5) is 0 Å². The fourth-order valence-corrected chi connectivity index (χ4v) is 2.91. The second kappa shape index (κ2) is 5.08. The fraction of sp³-hybridized carbons (Fsp3) is 0.235. The van der Waals surface area contributed by atoms with Gasteiger partial charge in [-0.15, -0.1) is 11.6 Å².